The monoisotopic (exact) mass is 201 g/mol. The number of para-hydroxylation sites is 1. The number of hydrogen-bond donors (Lipinski definition) is 0. The quantitative estimate of drug-likeness (QED) is 0.718. The van der Waals surface area contributed by atoms with Gasteiger partial charge in [0.05, 0.1) is 0 Å². The van der Waals surface area contributed by atoms with Gasteiger partial charge in [0.15, 0.2) is 0 Å². The van der Waals surface area contributed by atoms with Crippen molar-refractivity contribution in [3.05, 3.63) is 66.8 Å². The molecule has 0 bridgehead atoms. The van der Waals surface area contributed by atoms with Gasteiger partial charge in [0, 0.05) is 6.07 Å². The number of hydrogen-bond acceptors (Lipinski definition) is 1. The Bertz CT molecular complexity index is 431. The van der Waals surface area contributed by atoms with Gasteiger partial charge in [-0.25, -0.2) is 4.39 Å². The highest BCUT2D eigenvalue weighted by atomic mass is 19.1. The highest BCUT2D eigenvalue weighted by molar-refractivity contribution is 5.35. The molecule has 2 aromatic rings. The van der Waals surface area contributed by atoms with Crippen molar-refractivity contribution in [2.45, 2.75) is 0 Å². The molecule has 0 unspecified atom stereocenters. The summed E-state index contributed by atoms with van der Waals surface area (Å²) in [4.78, 5) is 0. The zero-order chi connectivity index (χ0) is 10.7. The van der Waals surface area contributed by atoms with Crippen molar-refractivity contribution in [2.24, 2.45) is 0 Å². The van der Waals surface area contributed by atoms with E-state index in [4.69, 9.17) is 4.74 Å². The first-order chi connectivity index (χ1) is 7.24. The average molecular weight is 201 g/mol. The van der Waals surface area contributed by atoms with E-state index in [0.29, 0.717) is 17.1 Å². The maximum atomic E-state index is 13.0. The van der Waals surface area contributed by atoms with Crippen molar-refractivity contribution in [1.29, 1.82) is 0 Å². The normalized spacial score (nSPS) is 10.0. The first-order valence-corrected chi connectivity index (χ1v) is 4.59. The second-order valence-electron chi connectivity index (χ2n) is 3.21. The van der Waals surface area contributed by atoms with Crippen LogP contribution in [0.3, 0.4) is 0 Å². The lowest BCUT2D eigenvalue weighted by Crippen LogP contribution is -1.86. The topological polar surface area (TPSA) is 9.23 Å². The summed E-state index contributed by atoms with van der Waals surface area (Å²) < 4.78 is 18.5. The minimum atomic E-state index is -0.339. The Kier molecular flexibility index (Phi) is 2.68. The molecule has 1 radical (unpaired) electrons. The Morgan fingerprint density at radius 3 is 2.33 bits per heavy atom. The van der Waals surface area contributed by atoms with Gasteiger partial charge in [-0.3, -0.25) is 0 Å². The molecule has 2 heteroatoms. The van der Waals surface area contributed by atoms with Crippen LogP contribution < -0.4 is 4.74 Å². The van der Waals surface area contributed by atoms with Crippen LogP contribution in [-0.2, 0) is 0 Å². The molecule has 0 aliphatic carbocycles. The minimum Gasteiger partial charge on any atom is -0.457 e. The number of rotatable bonds is 2. The van der Waals surface area contributed by atoms with Crippen molar-refractivity contribution < 1.29 is 9.13 Å². The van der Waals surface area contributed by atoms with Crippen LogP contribution in [-0.4, -0.2) is 0 Å². The van der Waals surface area contributed by atoms with Crippen molar-refractivity contribution in [1.82, 2.24) is 0 Å². The van der Waals surface area contributed by atoms with E-state index in [0.717, 1.165) is 0 Å². The van der Waals surface area contributed by atoms with E-state index in [2.05, 4.69) is 6.92 Å². The number of ether oxygens (including phenoxy) is 1. The van der Waals surface area contributed by atoms with E-state index in [-0.39, 0.29) is 5.82 Å². The molecule has 75 valence electrons. The van der Waals surface area contributed by atoms with Gasteiger partial charge >= 0.3 is 0 Å². The van der Waals surface area contributed by atoms with Crippen molar-refractivity contribution in [3.63, 3.8) is 0 Å². The molecule has 0 aliphatic rings. The van der Waals surface area contributed by atoms with Crippen molar-refractivity contribution in [2.75, 3.05) is 0 Å². The van der Waals surface area contributed by atoms with Gasteiger partial charge in [0.2, 0.25) is 0 Å². The Balaban J connectivity index is 2.25. The van der Waals surface area contributed by atoms with Gasteiger partial charge in [0.1, 0.15) is 17.3 Å². The summed E-state index contributed by atoms with van der Waals surface area (Å²) in [6, 6.07) is 13.6. The maximum absolute atomic E-state index is 13.0. The molecule has 0 aromatic heterocycles. The molecule has 2 rings (SSSR count). The predicted molar refractivity (Wildman–Crippen MR) is 57.4 cm³/mol. The molecule has 0 N–H and O–H groups in total. The summed E-state index contributed by atoms with van der Waals surface area (Å²) in [6.07, 6.45) is 0. The van der Waals surface area contributed by atoms with Crippen LogP contribution in [0.5, 0.6) is 11.5 Å². The molecule has 0 heterocycles. The van der Waals surface area contributed by atoms with E-state index >= 15 is 0 Å². The van der Waals surface area contributed by atoms with Crippen LogP contribution in [0.4, 0.5) is 4.39 Å². The Labute approximate surface area is 88.1 Å². The molecular formula is C13H10FO. The largest absolute Gasteiger partial charge is 0.457 e. The average Bonchev–Trinajstić information content (AvgIpc) is 2.17. The van der Waals surface area contributed by atoms with Crippen molar-refractivity contribution in [3.8, 4) is 11.5 Å². The van der Waals surface area contributed by atoms with E-state index < -0.39 is 0 Å². The Morgan fingerprint density at radius 2 is 1.67 bits per heavy atom. The fourth-order valence-electron chi connectivity index (χ4n) is 1.30. The van der Waals surface area contributed by atoms with Gasteiger partial charge in [-0.05, 0) is 36.8 Å². The molecule has 0 saturated heterocycles. The summed E-state index contributed by atoms with van der Waals surface area (Å²) in [5.74, 6) is 0.808. The first-order valence-electron chi connectivity index (χ1n) is 4.59. The standard InChI is InChI=1S/C13H10FO/c1-10-7-11(14)9-13(8-10)15-12-5-3-2-4-6-12/h2-9H,1H2. The lowest BCUT2D eigenvalue weighted by Gasteiger charge is -2.06. The zero-order valence-electron chi connectivity index (χ0n) is 8.11. The third-order valence-electron chi connectivity index (χ3n) is 1.91. The summed E-state index contributed by atoms with van der Waals surface area (Å²) in [5.41, 5.74) is 0.598. The summed E-state index contributed by atoms with van der Waals surface area (Å²) in [6.45, 7) is 3.66. The summed E-state index contributed by atoms with van der Waals surface area (Å²) >= 11 is 0. The van der Waals surface area contributed by atoms with Crippen LogP contribution in [0.2, 0.25) is 0 Å². The molecule has 0 aliphatic heterocycles. The third-order valence-corrected chi connectivity index (χ3v) is 1.91. The van der Waals surface area contributed by atoms with E-state index in [1.807, 2.05) is 30.3 Å². The lowest BCUT2D eigenvalue weighted by atomic mass is 10.2. The van der Waals surface area contributed by atoms with E-state index in [1.54, 1.807) is 6.07 Å². The second kappa shape index (κ2) is 4.13. The molecule has 1 nitrogen and oxygen atoms in total. The SMILES string of the molecule is [CH2]c1cc(F)cc(Oc2ccccc2)c1. The molecule has 2 aromatic carbocycles. The van der Waals surface area contributed by atoms with Crippen LogP contribution in [0.1, 0.15) is 5.56 Å². The van der Waals surface area contributed by atoms with Gasteiger partial charge in [-0.2, -0.15) is 0 Å². The number of benzene rings is 2. The molecule has 0 saturated carbocycles. The number of halogens is 1. The zero-order valence-corrected chi connectivity index (χ0v) is 8.11. The van der Waals surface area contributed by atoms with Gasteiger partial charge < -0.3 is 4.74 Å². The van der Waals surface area contributed by atoms with Crippen LogP contribution in [0, 0.1) is 12.7 Å². The fourth-order valence-corrected chi connectivity index (χ4v) is 1.30. The first kappa shape index (κ1) is 9.71. The third kappa shape index (κ3) is 2.56. The summed E-state index contributed by atoms with van der Waals surface area (Å²) in [5, 5.41) is 0. The molecule has 0 fully saturated rings. The maximum Gasteiger partial charge on any atom is 0.130 e. The molecule has 0 spiro atoms. The summed E-state index contributed by atoms with van der Waals surface area (Å²) in [7, 11) is 0. The predicted octanol–water partition coefficient (Wildman–Crippen LogP) is 3.80. The van der Waals surface area contributed by atoms with Gasteiger partial charge in [0.25, 0.3) is 0 Å². The Morgan fingerprint density at radius 1 is 0.933 bits per heavy atom. The lowest BCUT2D eigenvalue weighted by molar-refractivity contribution is 0.476. The van der Waals surface area contributed by atoms with Crippen LogP contribution >= 0.6 is 0 Å². The van der Waals surface area contributed by atoms with Crippen LogP contribution in [0.25, 0.3) is 0 Å². The van der Waals surface area contributed by atoms with Gasteiger partial charge in [-0.15, -0.1) is 0 Å². The molecular weight excluding hydrogens is 191 g/mol. The highest BCUT2D eigenvalue weighted by Crippen LogP contribution is 2.22. The molecule has 0 atom stereocenters. The van der Waals surface area contributed by atoms with Crippen molar-refractivity contribution >= 4 is 0 Å². The second-order valence-corrected chi connectivity index (χ2v) is 3.21. The van der Waals surface area contributed by atoms with Gasteiger partial charge in [-0.1, -0.05) is 18.2 Å². The van der Waals surface area contributed by atoms with Crippen LogP contribution in [0.15, 0.2) is 48.5 Å². The smallest absolute Gasteiger partial charge is 0.130 e. The fraction of sp³-hybridized carbons (Fsp3) is 0. The molecule has 0 amide bonds. The Hall–Kier alpha value is -1.83. The van der Waals surface area contributed by atoms with E-state index in [9.17, 15) is 4.39 Å². The highest BCUT2D eigenvalue weighted by Gasteiger charge is 2.00. The molecule has 15 heavy (non-hydrogen) atoms. The minimum absolute atomic E-state index is 0.339. The van der Waals surface area contributed by atoms with E-state index in [1.165, 1.54) is 12.1 Å².